The highest BCUT2D eigenvalue weighted by atomic mass is 32.2. The van der Waals surface area contributed by atoms with Crippen molar-refractivity contribution in [3.63, 3.8) is 0 Å². The molecule has 31 heavy (non-hydrogen) atoms. The van der Waals surface area contributed by atoms with Crippen LogP contribution in [0.15, 0.2) is 71.6 Å². The zero-order valence-corrected chi connectivity index (χ0v) is 18.3. The molecule has 1 amide bonds. The lowest BCUT2D eigenvalue weighted by atomic mass is 10.2. The van der Waals surface area contributed by atoms with Crippen molar-refractivity contribution in [2.75, 3.05) is 24.3 Å². The average Bonchev–Trinajstić information content (AvgIpc) is 2.79. The summed E-state index contributed by atoms with van der Waals surface area (Å²) >= 11 is 0. The van der Waals surface area contributed by atoms with Gasteiger partial charge in [0.1, 0.15) is 16.4 Å². The molecule has 0 saturated heterocycles. The number of rotatable bonds is 8. The number of hydrogen-bond donors (Lipinski definition) is 2. The Morgan fingerprint density at radius 2 is 1.58 bits per heavy atom. The van der Waals surface area contributed by atoms with Gasteiger partial charge in [-0.2, -0.15) is 0 Å². The third kappa shape index (κ3) is 5.16. The normalized spacial score (nSPS) is 10.9. The van der Waals surface area contributed by atoms with Crippen molar-refractivity contribution in [2.24, 2.45) is 0 Å². The van der Waals surface area contributed by atoms with Gasteiger partial charge in [-0.25, -0.2) is 8.42 Å². The zero-order chi connectivity index (χ0) is 22.4. The van der Waals surface area contributed by atoms with Crippen molar-refractivity contribution in [1.29, 1.82) is 0 Å². The molecule has 0 unspecified atom stereocenters. The number of nitrogens with one attached hydrogen (secondary N) is 2. The van der Waals surface area contributed by atoms with Crippen LogP contribution in [0, 0.1) is 0 Å². The van der Waals surface area contributed by atoms with Crippen LogP contribution in [0.1, 0.15) is 22.8 Å². The first kappa shape index (κ1) is 22.2. The van der Waals surface area contributed by atoms with Crippen molar-refractivity contribution in [1.82, 2.24) is 0 Å². The smallest absolute Gasteiger partial charge is 0.265 e. The molecule has 0 bridgehead atoms. The molecule has 0 aliphatic heterocycles. The summed E-state index contributed by atoms with van der Waals surface area (Å²) in [5.41, 5.74) is 2.15. The van der Waals surface area contributed by atoms with Gasteiger partial charge in [0, 0.05) is 11.3 Å². The molecule has 0 heterocycles. The van der Waals surface area contributed by atoms with Gasteiger partial charge in [0.05, 0.1) is 19.9 Å². The van der Waals surface area contributed by atoms with Gasteiger partial charge in [-0.3, -0.25) is 9.52 Å². The number of aryl methyl sites for hydroxylation is 1. The van der Waals surface area contributed by atoms with Crippen LogP contribution in [0.2, 0.25) is 0 Å². The van der Waals surface area contributed by atoms with E-state index in [1.165, 1.54) is 32.4 Å². The molecule has 2 N–H and O–H groups in total. The van der Waals surface area contributed by atoms with Crippen molar-refractivity contribution >= 4 is 27.3 Å². The van der Waals surface area contributed by atoms with Gasteiger partial charge < -0.3 is 14.8 Å². The number of methoxy groups -OCH3 is 2. The van der Waals surface area contributed by atoms with Gasteiger partial charge in [-0.15, -0.1) is 0 Å². The Bertz CT molecular complexity index is 1170. The van der Waals surface area contributed by atoms with Gasteiger partial charge in [-0.1, -0.05) is 31.2 Å². The van der Waals surface area contributed by atoms with Crippen LogP contribution in [-0.4, -0.2) is 28.5 Å². The minimum absolute atomic E-state index is 0.131. The number of carbonyl (C=O) groups excluding carboxylic acids is 1. The monoisotopic (exact) mass is 440 g/mol. The van der Waals surface area contributed by atoms with Crippen LogP contribution in [0.5, 0.6) is 11.5 Å². The van der Waals surface area contributed by atoms with E-state index in [0.717, 1.165) is 12.0 Å². The molecule has 0 spiro atoms. The first-order valence-electron chi connectivity index (χ1n) is 9.62. The topological polar surface area (TPSA) is 93.7 Å². The summed E-state index contributed by atoms with van der Waals surface area (Å²) in [5, 5.41) is 2.74. The summed E-state index contributed by atoms with van der Waals surface area (Å²) in [4.78, 5) is 12.6. The van der Waals surface area contributed by atoms with E-state index in [9.17, 15) is 13.2 Å². The Kier molecular flexibility index (Phi) is 6.81. The van der Waals surface area contributed by atoms with Gasteiger partial charge in [-0.05, 0) is 54.4 Å². The largest absolute Gasteiger partial charge is 0.495 e. The molecule has 0 fully saturated rings. The predicted octanol–water partition coefficient (Wildman–Crippen LogP) is 4.32. The number of hydrogen-bond acceptors (Lipinski definition) is 5. The van der Waals surface area contributed by atoms with E-state index in [1.807, 2.05) is 19.1 Å². The van der Waals surface area contributed by atoms with E-state index >= 15 is 0 Å². The van der Waals surface area contributed by atoms with Crippen LogP contribution < -0.4 is 19.5 Å². The highest BCUT2D eigenvalue weighted by molar-refractivity contribution is 7.92. The Balaban J connectivity index is 1.91. The summed E-state index contributed by atoms with van der Waals surface area (Å²) in [6.07, 6.45) is 0.851. The second-order valence-corrected chi connectivity index (χ2v) is 8.33. The van der Waals surface area contributed by atoms with Crippen LogP contribution in [0.3, 0.4) is 0 Å². The van der Waals surface area contributed by atoms with E-state index in [0.29, 0.717) is 17.1 Å². The van der Waals surface area contributed by atoms with E-state index in [1.54, 1.807) is 36.4 Å². The molecule has 0 saturated carbocycles. The maximum Gasteiger partial charge on any atom is 0.265 e. The number of ether oxygens (including phenoxy) is 2. The summed E-state index contributed by atoms with van der Waals surface area (Å²) < 4.78 is 39.1. The van der Waals surface area contributed by atoms with Gasteiger partial charge in [0.15, 0.2) is 0 Å². The number of benzene rings is 3. The highest BCUT2D eigenvalue weighted by Crippen LogP contribution is 2.29. The third-order valence-electron chi connectivity index (χ3n) is 4.68. The Hall–Kier alpha value is -3.52. The van der Waals surface area contributed by atoms with Gasteiger partial charge >= 0.3 is 0 Å². The molecule has 0 radical (unpaired) electrons. The minimum atomic E-state index is -4.00. The number of amides is 1. The molecular formula is C23H24N2O5S. The molecule has 3 aromatic rings. The average molecular weight is 441 g/mol. The fourth-order valence-electron chi connectivity index (χ4n) is 2.99. The first-order valence-corrected chi connectivity index (χ1v) is 11.1. The summed E-state index contributed by atoms with van der Waals surface area (Å²) in [5.74, 6) is 0.150. The van der Waals surface area contributed by atoms with E-state index in [2.05, 4.69) is 10.0 Å². The quantitative estimate of drug-likeness (QED) is 0.544. The van der Waals surface area contributed by atoms with Crippen molar-refractivity contribution < 1.29 is 22.7 Å². The Morgan fingerprint density at radius 1 is 0.903 bits per heavy atom. The second-order valence-electron chi connectivity index (χ2n) is 6.68. The van der Waals surface area contributed by atoms with Crippen LogP contribution in [0.4, 0.5) is 11.4 Å². The van der Waals surface area contributed by atoms with E-state index in [-0.39, 0.29) is 16.2 Å². The highest BCUT2D eigenvalue weighted by Gasteiger charge is 2.22. The summed E-state index contributed by atoms with van der Waals surface area (Å²) in [6.45, 7) is 2.02. The van der Waals surface area contributed by atoms with Crippen molar-refractivity contribution in [2.45, 2.75) is 18.2 Å². The van der Waals surface area contributed by atoms with Crippen molar-refractivity contribution in [3.05, 3.63) is 77.9 Å². The molecular weight excluding hydrogens is 416 g/mol. The second kappa shape index (κ2) is 9.53. The third-order valence-corrected chi connectivity index (χ3v) is 6.09. The molecule has 0 aliphatic rings. The molecule has 0 aromatic heterocycles. The molecule has 0 atom stereocenters. The van der Waals surface area contributed by atoms with Crippen LogP contribution in [-0.2, 0) is 16.4 Å². The molecule has 0 aliphatic carbocycles. The summed E-state index contributed by atoms with van der Waals surface area (Å²) in [7, 11) is -1.12. The van der Waals surface area contributed by atoms with Gasteiger partial charge in [0.25, 0.3) is 15.9 Å². The lowest BCUT2D eigenvalue weighted by molar-refractivity contribution is 0.102. The summed E-state index contributed by atoms with van der Waals surface area (Å²) in [6, 6.07) is 18.3. The van der Waals surface area contributed by atoms with E-state index in [4.69, 9.17) is 9.47 Å². The lowest BCUT2D eigenvalue weighted by Gasteiger charge is -2.14. The van der Waals surface area contributed by atoms with Crippen molar-refractivity contribution in [3.8, 4) is 11.5 Å². The number of sulfonamides is 1. The van der Waals surface area contributed by atoms with Gasteiger partial charge in [0.2, 0.25) is 0 Å². The maximum absolute atomic E-state index is 13.0. The fourth-order valence-corrected chi connectivity index (χ4v) is 4.24. The van der Waals surface area contributed by atoms with Crippen LogP contribution >= 0.6 is 0 Å². The predicted molar refractivity (Wildman–Crippen MR) is 121 cm³/mol. The Labute approximate surface area is 182 Å². The fraction of sp³-hybridized carbons (Fsp3) is 0.174. The molecule has 3 rings (SSSR count). The van der Waals surface area contributed by atoms with E-state index < -0.39 is 15.9 Å². The molecule has 3 aromatic carbocycles. The van der Waals surface area contributed by atoms with Crippen LogP contribution in [0.25, 0.3) is 0 Å². The minimum Gasteiger partial charge on any atom is -0.495 e. The maximum atomic E-state index is 13.0. The molecule has 8 heteroatoms. The number of carbonyl (C=O) groups is 1. The first-order chi connectivity index (χ1) is 14.9. The number of anilines is 2. The molecule has 162 valence electrons. The zero-order valence-electron chi connectivity index (χ0n) is 17.5. The SMILES string of the molecule is CCc1ccc(NS(=O)(=O)c2cc(C(=O)Nc3ccccc3OC)ccc2OC)cc1. The Morgan fingerprint density at radius 3 is 2.23 bits per heavy atom. The number of para-hydroxylation sites is 2. The lowest BCUT2D eigenvalue weighted by Crippen LogP contribution is -2.17. The standard InChI is InChI=1S/C23H24N2O5S/c1-4-16-9-12-18(13-10-16)25-31(27,28)22-15-17(11-14-21(22)30-3)23(26)24-19-7-5-6-8-20(19)29-2/h5-15,25H,4H2,1-3H3,(H,24,26). The molecule has 7 nitrogen and oxygen atoms in total.